The summed E-state index contributed by atoms with van der Waals surface area (Å²) in [6.45, 7) is 0. The highest BCUT2D eigenvalue weighted by molar-refractivity contribution is 6.32. The molecule has 0 atom stereocenters. The molecule has 0 fully saturated rings. The van der Waals surface area contributed by atoms with E-state index >= 15 is 0 Å². The summed E-state index contributed by atoms with van der Waals surface area (Å²) in [5.41, 5.74) is 0.579. The van der Waals surface area contributed by atoms with E-state index in [2.05, 4.69) is 10.6 Å². The zero-order valence-corrected chi connectivity index (χ0v) is 14.3. The van der Waals surface area contributed by atoms with E-state index in [-0.39, 0.29) is 5.69 Å². The van der Waals surface area contributed by atoms with Crippen LogP contribution in [-0.2, 0) is 9.59 Å². The third-order valence-corrected chi connectivity index (χ3v) is 3.47. The van der Waals surface area contributed by atoms with Crippen LogP contribution in [0.15, 0.2) is 36.4 Å². The fourth-order valence-corrected chi connectivity index (χ4v) is 2.30. The lowest BCUT2D eigenvalue weighted by molar-refractivity contribution is -0.123. The third kappa shape index (κ3) is 5.09. The van der Waals surface area contributed by atoms with Crippen LogP contribution in [0.5, 0.6) is 11.5 Å². The monoisotopic (exact) mass is 366 g/mol. The topological polar surface area (TPSA) is 76.7 Å². The summed E-state index contributed by atoms with van der Waals surface area (Å²) < 4.78 is 23.3. The number of carbonyl (C=O) groups excluding carboxylic acids is 2. The van der Waals surface area contributed by atoms with Gasteiger partial charge in [-0.2, -0.15) is 0 Å². The first-order chi connectivity index (χ1) is 11.9. The Hall–Kier alpha value is -2.80. The van der Waals surface area contributed by atoms with Gasteiger partial charge in [0.25, 0.3) is 0 Å². The van der Waals surface area contributed by atoms with Crippen molar-refractivity contribution in [3.8, 4) is 11.5 Å². The zero-order valence-electron chi connectivity index (χ0n) is 13.6. The summed E-state index contributed by atoms with van der Waals surface area (Å²) in [5.74, 6) is -0.966. The van der Waals surface area contributed by atoms with Crippen LogP contribution < -0.4 is 20.1 Å². The van der Waals surface area contributed by atoms with Gasteiger partial charge in [-0.25, -0.2) is 4.39 Å². The maximum atomic E-state index is 13.1. The van der Waals surface area contributed by atoms with Gasteiger partial charge in [0.15, 0.2) is 0 Å². The average molecular weight is 367 g/mol. The molecule has 132 valence electrons. The molecule has 0 unspecified atom stereocenters. The van der Waals surface area contributed by atoms with Crippen molar-refractivity contribution < 1.29 is 23.5 Å². The number of hydrogen-bond donors (Lipinski definition) is 2. The number of amides is 2. The zero-order chi connectivity index (χ0) is 18.4. The summed E-state index contributed by atoms with van der Waals surface area (Å²) in [7, 11) is 2.86. The van der Waals surface area contributed by atoms with Gasteiger partial charge in [-0.1, -0.05) is 17.7 Å². The summed E-state index contributed by atoms with van der Waals surface area (Å²) >= 11 is 5.99. The minimum absolute atomic E-state index is 0.267. The number of carbonyl (C=O) groups is 2. The molecule has 0 bridgehead atoms. The Balaban J connectivity index is 2.03. The molecule has 0 saturated carbocycles. The highest BCUT2D eigenvalue weighted by atomic mass is 35.5. The molecule has 0 aromatic heterocycles. The van der Waals surface area contributed by atoms with E-state index in [1.807, 2.05) is 0 Å². The molecule has 0 radical (unpaired) electrons. The molecule has 2 aromatic carbocycles. The van der Waals surface area contributed by atoms with Crippen molar-refractivity contribution >= 4 is 34.8 Å². The first kappa shape index (κ1) is 18.5. The van der Waals surface area contributed by atoms with E-state index in [1.165, 1.54) is 44.6 Å². The number of rotatable bonds is 6. The number of nitrogens with one attached hydrogen (secondary N) is 2. The highest BCUT2D eigenvalue weighted by Gasteiger charge is 2.15. The lowest BCUT2D eigenvalue weighted by Crippen LogP contribution is -2.21. The van der Waals surface area contributed by atoms with Crippen molar-refractivity contribution in [1.82, 2.24) is 0 Å². The van der Waals surface area contributed by atoms with Crippen molar-refractivity contribution in [3.63, 3.8) is 0 Å². The summed E-state index contributed by atoms with van der Waals surface area (Å²) in [5, 5.41) is 5.32. The highest BCUT2D eigenvalue weighted by Crippen LogP contribution is 2.35. The van der Waals surface area contributed by atoms with Gasteiger partial charge < -0.3 is 20.1 Å². The Morgan fingerprint density at radius 2 is 1.72 bits per heavy atom. The standard InChI is InChI=1S/C17H16ClFN2O4/c1-24-14-8-13(15(25-2)7-12(14)18)21-17(23)9-16(22)20-11-5-3-4-10(19)6-11/h3-8H,9H2,1-2H3,(H,20,22)(H,21,23). The minimum atomic E-state index is -0.581. The summed E-state index contributed by atoms with van der Waals surface area (Å²) in [6, 6.07) is 8.36. The second kappa shape index (κ2) is 8.34. The molecule has 2 amide bonds. The quantitative estimate of drug-likeness (QED) is 0.767. The normalized spacial score (nSPS) is 10.1. The van der Waals surface area contributed by atoms with Crippen LogP contribution in [0.3, 0.4) is 0 Å². The second-order valence-electron chi connectivity index (χ2n) is 4.97. The number of hydrogen-bond acceptors (Lipinski definition) is 4. The largest absolute Gasteiger partial charge is 0.495 e. The van der Waals surface area contributed by atoms with E-state index in [0.29, 0.717) is 22.2 Å². The van der Waals surface area contributed by atoms with Gasteiger partial charge in [-0.15, -0.1) is 0 Å². The predicted octanol–water partition coefficient (Wildman–Crippen LogP) is 3.46. The Morgan fingerprint density at radius 3 is 2.36 bits per heavy atom. The number of methoxy groups -OCH3 is 2. The SMILES string of the molecule is COc1cc(NC(=O)CC(=O)Nc2cccc(F)c2)c(OC)cc1Cl. The molecular formula is C17H16ClFN2O4. The molecule has 0 spiro atoms. The first-order valence-corrected chi connectivity index (χ1v) is 7.57. The smallest absolute Gasteiger partial charge is 0.233 e. The van der Waals surface area contributed by atoms with Crippen molar-refractivity contribution in [1.29, 1.82) is 0 Å². The van der Waals surface area contributed by atoms with E-state index < -0.39 is 24.1 Å². The van der Waals surface area contributed by atoms with Crippen LogP contribution in [0, 0.1) is 5.82 Å². The van der Waals surface area contributed by atoms with Gasteiger partial charge in [-0.05, 0) is 18.2 Å². The predicted molar refractivity (Wildman–Crippen MR) is 92.8 cm³/mol. The molecule has 8 heteroatoms. The Kier molecular flexibility index (Phi) is 6.19. The molecule has 2 N–H and O–H groups in total. The fourth-order valence-electron chi connectivity index (χ4n) is 2.07. The molecule has 2 aromatic rings. The first-order valence-electron chi connectivity index (χ1n) is 7.19. The number of anilines is 2. The Morgan fingerprint density at radius 1 is 1.04 bits per heavy atom. The maximum absolute atomic E-state index is 13.1. The van der Waals surface area contributed by atoms with Crippen LogP contribution in [0.1, 0.15) is 6.42 Å². The van der Waals surface area contributed by atoms with Gasteiger partial charge in [0.2, 0.25) is 11.8 Å². The maximum Gasteiger partial charge on any atom is 0.233 e. The average Bonchev–Trinajstić information content (AvgIpc) is 2.55. The van der Waals surface area contributed by atoms with Gasteiger partial charge >= 0.3 is 0 Å². The van der Waals surface area contributed by atoms with Crippen molar-refractivity contribution in [2.75, 3.05) is 24.9 Å². The molecule has 0 saturated heterocycles. The van der Waals surface area contributed by atoms with Gasteiger partial charge in [0.05, 0.1) is 24.9 Å². The Labute approximate surface area is 148 Å². The van der Waals surface area contributed by atoms with Crippen LogP contribution in [-0.4, -0.2) is 26.0 Å². The number of halogens is 2. The minimum Gasteiger partial charge on any atom is -0.495 e. The van der Waals surface area contributed by atoms with E-state index in [9.17, 15) is 14.0 Å². The fraction of sp³-hybridized carbons (Fsp3) is 0.176. The van der Waals surface area contributed by atoms with E-state index in [0.717, 1.165) is 6.07 Å². The van der Waals surface area contributed by atoms with E-state index in [4.69, 9.17) is 21.1 Å². The summed E-state index contributed by atoms with van der Waals surface area (Å²) in [6.07, 6.45) is -0.454. The molecule has 0 heterocycles. The molecular weight excluding hydrogens is 351 g/mol. The van der Waals surface area contributed by atoms with Crippen LogP contribution in [0.2, 0.25) is 5.02 Å². The molecule has 25 heavy (non-hydrogen) atoms. The Bertz CT molecular complexity index is 798. The van der Waals surface area contributed by atoms with Crippen molar-refractivity contribution in [3.05, 3.63) is 47.2 Å². The lowest BCUT2D eigenvalue weighted by atomic mass is 10.2. The van der Waals surface area contributed by atoms with Crippen molar-refractivity contribution in [2.24, 2.45) is 0 Å². The summed E-state index contributed by atoms with van der Waals surface area (Å²) in [4.78, 5) is 23.9. The van der Waals surface area contributed by atoms with E-state index in [1.54, 1.807) is 0 Å². The van der Waals surface area contributed by atoms with Crippen LogP contribution in [0.4, 0.5) is 15.8 Å². The third-order valence-electron chi connectivity index (χ3n) is 3.18. The number of benzene rings is 2. The van der Waals surface area contributed by atoms with Gasteiger partial charge in [0, 0.05) is 17.8 Å². The molecule has 0 aliphatic rings. The molecule has 0 aliphatic heterocycles. The van der Waals surface area contributed by atoms with Crippen LogP contribution >= 0.6 is 11.6 Å². The second-order valence-corrected chi connectivity index (χ2v) is 5.38. The van der Waals surface area contributed by atoms with Gasteiger partial charge in [-0.3, -0.25) is 9.59 Å². The number of ether oxygens (including phenoxy) is 2. The lowest BCUT2D eigenvalue weighted by Gasteiger charge is -2.13. The molecule has 0 aliphatic carbocycles. The van der Waals surface area contributed by atoms with Crippen molar-refractivity contribution in [2.45, 2.75) is 6.42 Å². The molecule has 2 rings (SSSR count). The van der Waals surface area contributed by atoms with Gasteiger partial charge in [0.1, 0.15) is 23.7 Å². The van der Waals surface area contributed by atoms with Crippen LogP contribution in [0.25, 0.3) is 0 Å². The molecule has 6 nitrogen and oxygen atoms in total.